The number of pyridine rings is 1. The predicted molar refractivity (Wildman–Crippen MR) is 128 cm³/mol. The molecule has 0 N–H and O–H groups in total. The van der Waals surface area contributed by atoms with E-state index in [0.717, 1.165) is 48.1 Å². The summed E-state index contributed by atoms with van der Waals surface area (Å²) in [6.45, 7) is 2.16. The van der Waals surface area contributed by atoms with Crippen LogP contribution in [0.4, 0.5) is 0 Å². The van der Waals surface area contributed by atoms with Crippen LogP contribution in [0.25, 0.3) is 22.4 Å². The summed E-state index contributed by atoms with van der Waals surface area (Å²) in [6.07, 6.45) is 8.18. The number of aromatic nitrogens is 1. The van der Waals surface area contributed by atoms with Crippen LogP contribution < -0.4 is 4.57 Å². The average molecular weight is 411 g/mol. The van der Waals surface area contributed by atoms with Crippen LogP contribution in [0.15, 0.2) is 66.9 Å². The van der Waals surface area contributed by atoms with Crippen LogP contribution in [-0.4, -0.2) is 0 Å². The summed E-state index contributed by atoms with van der Waals surface area (Å²) < 4.78 is 20.7. The maximum absolute atomic E-state index is 9.28. The van der Waals surface area contributed by atoms with E-state index in [1.54, 1.807) is 0 Å². The van der Waals surface area contributed by atoms with Crippen molar-refractivity contribution >= 4 is 0 Å². The molecule has 4 aliphatic rings. The Morgan fingerprint density at radius 2 is 1.52 bits per heavy atom. The first-order valence-electron chi connectivity index (χ1n) is 13.0. The molecule has 0 aliphatic heterocycles. The minimum absolute atomic E-state index is 0.151. The number of hydrogen-bond donors (Lipinski definition) is 0. The fourth-order valence-corrected chi connectivity index (χ4v) is 7.19. The number of aryl methyl sites for hydroxylation is 2. The highest BCUT2D eigenvalue weighted by Crippen LogP contribution is 2.61. The lowest BCUT2D eigenvalue weighted by Crippen LogP contribution is -2.47. The van der Waals surface area contributed by atoms with E-state index in [-0.39, 0.29) is 5.41 Å². The Bertz CT molecular complexity index is 1160. The molecule has 4 aliphatic carbocycles. The Morgan fingerprint density at radius 1 is 0.871 bits per heavy atom. The quantitative estimate of drug-likeness (QED) is 0.411. The van der Waals surface area contributed by atoms with Gasteiger partial charge in [-0.25, -0.2) is 4.57 Å². The second-order valence-electron chi connectivity index (χ2n) is 10.6. The van der Waals surface area contributed by atoms with E-state index in [1.807, 2.05) is 0 Å². The maximum atomic E-state index is 9.28. The van der Waals surface area contributed by atoms with Gasteiger partial charge in [0.05, 0.1) is 0 Å². The van der Waals surface area contributed by atoms with Crippen LogP contribution in [0.2, 0.25) is 0 Å². The first-order chi connectivity index (χ1) is 15.8. The fourth-order valence-electron chi connectivity index (χ4n) is 7.19. The molecule has 4 fully saturated rings. The van der Waals surface area contributed by atoms with Crippen molar-refractivity contribution in [1.82, 2.24) is 0 Å². The predicted octanol–water partition coefficient (Wildman–Crippen LogP) is 6.91. The van der Waals surface area contributed by atoms with Crippen LogP contribution in [0.1, 0.15) is 52.4 Å². The molecule has 1 nitrogen and oxygen atoms in total. The molecule has 0 atom stereocenters. The molecule has 0 radical (unpaired) electrons. The van der Waals surface area contributed by atoms with E-state index in [0.29, 0.717) is 0 Å². The number of hydrogen-bond acceptors (Lipinski definition) is 0. The second kappa shape index (κ2) is 7.33. The SMILES string of the molecule is [2H]C([2H])(c1ccc(-c2cc[n+](C)c(-c3ccccc3C)c2)cc1)C12CC3CC(CC(C3)C1)C2. The molecule has 3 aromatic rings. The van der Waals surface area contributed by atoms with Gasteiger partial charge in [0.1, 0.15) is 7.05 Å². The van der Waals surface area contributed by atoms with Gasteiger partial charge in [-0.1, -0.05) is 42.5 Å². The third kappa shape index (κ3) is 3.53. The Hall–Kier alpha value is -2.41. The molecular weight excluding hydrogens is 374 g/mol. The first kappa shape index (κ1) is 17.2. The van der Waals surface area contributed by atoms with E-state index in [4.69, 9.17) is 0 Å². The Labute approximate surface area is 190 Å². The van der Waals surface area contributed by atoms with Crippen molar-refractivity contribution in [3.63, 3.8) is 0 Å². The largest absolute Gasteiger partial charge is 0.213 e. The summed E-state index contributed by atoms with van der Waals surface area (Å²) in [6, 6.07) is 21.3. The van der Waals surface area contributed by atoms with Crippen molar-refractivity contribution in [3.8, 4) is 22.4 Å². The average Bonchev–Trinajstić information content (AvgIpc) is 2.79. The van der Waals surface area contributed by atoms with Crippen molar-refractivity contribution in [3.05, 3.63) is 78.0 Å². The standard InChI is InChI=1S/C30H34N/c1-21-5-3-4-6-28(21)29-16-27(11-12-31(29)2)26-9-7-22(8-10-26)17-30-18-23-13-24(19-30)15-25(14-23)20-30/h3-12,16,23-25H,13-15,17-20H2,1-2H3/q+1/i17D2. The van der Waals surface area contributed by atoms with Crippen LogP contribution >= 0.6 is 0 Å². The summed E-state index contributed by atoms with van der Waals surface area (Å²) in [5, 5.41) is 0. The maximum Gasteiger partial charge on any atom is 0.213 e. The lowest BCUT2D eigenvalue weighted by Gasteiger charge is -2.57. The lowest BCUT2D eigenvalue weighted by atomic mass is 9.48. The zero-order valence-electron chi connectivity index (χ0n) is 20.8. The molecule has 0 saturated heterocycles. The first-order valence-corrected chi connectivity index (χ1v) is 12.0. The Morgan fingerprint density at radius 3 is 2.16 bits per heavy atom. The van der Waals surface area contributed by atoms with Gasteiger partial charge >= 0.3 is 0 Å². The van der Waals surface area contributed by atoms with Crippen molar-refractivity contribution in [1.29, 1.82) is 0 Å². The zero-order chi connectivity index (χ0) is 22.8. The highest BCUT2D eigenvalue weighted by Gasteiger charge is 2.50. The lowest BCUT2D eigenvalue weighted by molar-refractivity contribution is -0.660. The van der Waals surface area contributed by atoms with E-state index in [1.165, 1.54) is 41.6 Å². The molecule has 4 bridgehead atoms. The molecule has 158 valence electrons. The van der Waals surface area contributed by atoms with Gasteiger partial charge in [0, 0.05) is 20.4 Å². The summed E-state index contributed by atoms with van der Waals surface area (Å²) >= 11 is 0. The highest BCUT2D eigenvalue weighted by atomic mass is 14.9. The van der Waals surface area contributed by atoms with Crippen LogP contribution in [-0.2, 0) is 13.4 Å². The van der Waals surface area contributed by atoms with E-state index in [9.17, 15) is 2.74 Å². The van der Waals surface area contributed by atoms with Gasteiger partial charge in [0.15, 0.2) is 6.20 Å². The van der Waals surface area contributed by atoms with Gasteiger partial charge in [-0.15, -0.1) is 0 Å². The monoisotopic (exact) mass is 410 g/mol. The molecule has 1 heterocycles. The second-order valence-corrected chi connectivity index (χ2v) is 10.6. The van der Waals surface area contributed by atoms with Gasteiger partial charge in [-0.05, 0) is 103 Å². The smallest absolute Gasteiger partial charge is 0.201 e. The summed E-state index contributed by atoms with van der Waals surface area (Å²) in [5.41, 5.74) is 6.75. The molecule has 0 unspecified atom stereocenters. The van der Waals surface area contributed by atoms with Gasteiger partial charge in [0.2, 0.25) is 5.69 Å². The van der Waals surface area contributed by atoms with Gasteiger partial charge < -0.3 is 0 Å². The molecule has 31 heavy (non-hydrogen) atoms. The Kier molecular flexibility index (Phi) is 4.06. The Balaban J connectivity index is 1.32. The van der Waals surface area contributed by atoms with Crippen molar-refractivity contribution < 1.29 is 7.31 Å². The van der Waals surface area contributed by atoms with Gasteiger partial charge in [-0.3, -0.25) is 0 Å². The molecule has 1 aromatic heterocycles. The highest BCUT2D eigenvalue weighted by molar-refractivity contribution is 5.70. The third-order valence-electron chi connectivity index (χ3n) is 8.24. The van der Waals surface area contributed by atoms with Crippen LogP contribution in [0.3, 0.4) is 0 Å². The van der Waals surface area contributed by atoms with Crippen molar-refractivity contribution in [2.75, 3.05) is 0 Å². The molecular formula is C30H34N+. The van der Waals surface area contributed by atoms with Gasteiger partial charge in [-0.2, -0.15) is 0 Å². The van der Waals surface area contributed by atoms with E-state index >= 15 is 0 Å². The van der Waals surface area contributed by atoms with E-state index < -0.39 is 6.37 Å². The van der Waals surface area contributed by atoms with Crippen LogP contribution in [0, 0.1) is 30.1 Å². The van der Waals surface area contributed by atoms with Crippen molar-refractivity contribution in [2.45, 2.75) is 51.8 Å². The molecule has 0 spiro atoms. The summed E-state index contributed by atoms with van der Waals surface area (Å²) in [5.74, 6) is 2.28. The summed E-state index contributed by atoms with van der Waals surface area (Å²) in [7, 11) is 2.09. The minimum atomic E-state index is -1.25. The molecule has 2 aromatic carbocycles. The van der Waals surface area contributed by atoms with Crippen molar-refractivity contribution in [2.24, 2.45) is 30.2 Å². The minimum Gasteiger partial charge on any atom is -0.201 e. The number of rotatable bonds is 4. The van der Waals surface area contributed by atoms with E-state index in [2.05, 4.69) is 85.4 Å². The molecule has 4 saturated carbocycles. The molecule has 1 heteroatoms. The number of benzene rings is 2. The molecule has 0 amide bonds. The van der Waals surface area contributed by atoms with Gasteiger partial charge in [0.25, 0.3) is 0 Å². The number of nitrogens with zero attached hydrogens (tertiary/aromatic N) is 1. The fraction of sp³-hybridized carbons (Fsp3) is 0.433. The normalized spacial score (nSPS) is 30.2. The van der Waals surface area contributed by atoms with Crippen LogP contribution in [0.5, 0.6) is 0 Å². The summed E-state index contributed by atoms with van der Waals surface area (Å²) in [4.78, 5) is 0. The zero-order valence-corrected chi connectivity index (χ0v) is 18.8. The molecule has 7 rings (SSSR count). The topological polar surface area (TPSA) is 3.88 Å². The third-order valence-corrected chi connectivity index (χ3v) is 8.24.